The second-order valence-electron chi connectivity index (χ2n) is 8.95. The van der Waals surface area contributed by atoms with Crippen LogP contribution in [0.4, 0.5) is 0 Å². The number of aliphatic hydroxyl groups excluding tert-OH is 1. The predicted octanol–water partition coefficient (Wildman–Crippen LogP) is 4.70. The molecule has 0 aromatic rings. The molecule has 2 aliphatic rings. The van der Waals surface area contributed by atoms with Crippen molar-refractivity contribution >= 4 is 0 Å². The lowest BCUT2D eigenvalue weighted by molar-refractivity contribution is -0.211. The molecule has 22 heavy (non-hydrogen) atoms. The molecule has 0 radical (unpaired) electrons. The van der Waals surface area contributed by atoms with Gasteiger partial charge in [-0.15, -0.1) is 0 Å². The molecule has 0 saturated heterocycles. The molecular weight excluding hydrogens is 272 g/mol. The summed E-state index contributed by atoms with van der Waals surface area (Å²) in [5, 5.41) is 20.8. The van der Waals surface area contributed by atoms with Crippen LogP contribution in [-0.2, 0) is 0 Å². The first kappa shape index (κ1) is 18.0. The first-order valence-corrected chi connectivity index (χ1v) is 9.16. The van der Waals surface area contributed by atoms with E-state index in [1.165, 1.54) is 24.8 Å². The van der Waals surface area contributed by atoms with Gasteiger partial charge in [0.25, 0.3) is 0 Å². The highest BCUT2D eigenvalue weighted by molar-refractivity contribution is 5.12. The average molecular weight is 309 g/mol. The summed E-state index contributed by atoms with van der Waals surface area (Å²) >= 11 is 0. The topological polar surface area (TPSA) is 40.5 Å². The van der Waals surface area contributed by atoms with Crippen LogP contribution in [0.5, 0.6) is 0 Å². The zero-order valence-electron chi connectivity index (χ0n) is 15.3. The quantitative estimate of drug-likeness (QED) is 0.739. The van der Waals surface area contributed by atoms with Gasteiger partial charge >= 0.3 is 0 Å². The van der Waals surface area contributed by atoms with Crippen LogP contribution in [0.1, 0.15) is 79.6 Å². The third kappa shape index (κ3) is 2.89. The van der Waals surface area contributed by atoms with E-state index in [1.54, 1.807) is 0 Å². The van der Waals surface area contributed by atoms with Crippen LogP contribution in [-0.4, -0.2) is 22.4 Å². The van der Waals surface area contributed by atoms with E-state index in [2.05, 4.69) is 34.6 Å². The molecule has 0 aromatic carbocycles. The molecule has 0 unspecified atom stereocenters. The minimum Gasteiger partial charge on any atom is -0.392 e. The molecule has 0 aliphatic heterocycles. The Morgan fingerprint density at radius 3 is 2.50 bits per heavy atom. The van der Waals surface area contributed by atoms with Crippen LogP contribution >= 0.6 is 0 Å². The summed E-state index contributed by atoms with van der Waals surface area (Å²) in [5.41, 5.74) is 1.00. The number of fused-ring (bicyclic) bond motifs is 1. The van der Waals surface area contributed by atoms with Gasteiger partial charge in [0.1, 0.15) is 0 Å². The van der Waals surface area contributed by atoms with Crippen molar-refractivity contribution in [3.05, 3.63) is 11.6 Å². The molecule has 2 fully saturated rings. The Labute approximate surface area is 137 Å². The maximum atomic E-state index is 11.8. The molecule has 0 aromatic heterocycles. The number of aliphatic hydroxyl groups is 2. The van der Waals surface area contributed by atoms with Gasteiger partial charge in [-0.25, -0.2) is 0 Å². The zero-order chi connectivity index (χ0) is 16.6. The van der Waals surface area contributed by atoms with Crippen molar-refractivity contribution in [1.29, 1.82) is 0 Å². The Hall–Kier alpha value is -0.340. The van der Waals surface area contributed by atoms with Gasteiger partial charge in [-0.3, -0.25) is 0 Å². The lowest BCUT2D eigenvalue weighted by atomic mass is 9.44. The van der Waals surface area contributed by atoms with Crippen molar-refractivity contribution in [3.8, 4) is 0 Å². The van der Waals surface area contributed by atoms with E-state index in [0.717, 1.165) is 25.7 Å². The van der Waals surface area contributed by atoms with Crippen LogP contribution < -0.4 is 0 Å². The Balaban J connectivity index is 2.28. The molecule has 2 rings (SSSR count). The van der Waals surface area contributed by atoms with Crippen molar-refractivity contribution in [3.63, 3.8) is 0 Å². The standard InChI is InChI=1S/C20H36O2/c1-15(10-14-21)9-13-20(22)16(2)7-8-17-18(3,4)11-6-12-19(17,20)5/h10,16-17,21-22H,6-9,11-14H2,1-5H3/b15-10+/t16-,17+,19+,20-/m0/s1. The molecule has 2 saturated carbocycles. The van der Waals surface area contributed by atoms with Crippen molar-refractivity contribution in [2.75, 3.05) is 6.61 Å². The fraction of sp³-hybridized carbons (Fsp3) is 0.900. The lowest BCUT2D eigenvalue weighted by Gasteiger charge is -2.63. The summed E-state index contributed by atoms with van der Waals surface area (Å²) in [7, 11) is 0. The summed E-state index contributed by atoms with van der Waals surface area (Å²) in [5.74, 6) is 0.988. The van der Waals surface area contributed by atoms with E-state index in [-0.39, 0.29) is 12.0 Å². The van der Waals surface area contributed by atoms with Gasteiger partial charge in [0.05, 0.1) is 12.2 Å². The van der Waals surface area contributed by atoms with Gasteiger partial charge in [0.2, 0.25) is 0 Å². The normalized spacial score (nSPS) is 42.0. The van der Waals surface area contributed by atoms with Gasteiger partial charge in [-0.2, -0.15) is 0 Å². The molecule has 2 nitrogen and oxygen atoms in total. The third-order valence-electron chi connectivity index (χ3n) is 7.26. The highest BCUT2D eigenvalue weighted by atomic mass is 16.3. The average Bonchev–Trinajstić information content (AvgIpc) is 2.42. The number of rotatable bonds is 4. The van der Waals surface area contributed by atoms with Crippen molar-refractivity contribution in [2.45, 2.75) is 85.2 Å². The molecule has 4 atom stereocenters. The highest BCUT2D eigenvalue weighted by Crippen LogP contribution is 2.63. The van der Waals surface area contributed by atoms with E-state index in [0.29, 0.717) is 17.3 Å². The van der Waals surface area contributed by atoms with Crippen LogP contribution in [0.15, 0.2) is 11.6 Å². The number of hydrogen-bond acceptors (Lipinski definition) is 2. The van der Waals surface area contributed by atoms with Crippen LogP contribution in [0.3, 0.4) is 0 Å². The summed E-state index contributed by atoms with van der Waals surface area (Å²) in [4.78, 5) is 0. The van der Waals surface area contributed by atoms with E-state index in [1.807, 2.05) is 6.08 Å². The van der Waals surface area contributed by atoms with Crippen LogP contribution in [0, 0.1) is 22.7 Å². The van der Waals surface area contributed by atoms with Gasteiger partial charge in [-0.05, 0) is 68.1 Å². The molecule has 2 aliphatic carbocycles. The largest absolute Gasteiger partial charge is 0.392 e. The van der Waals surface area contributed by atoms with E-state index in [9.17, 15) is 5.11 Å². The van der Waals surface area contributed by atoms with E-state index in [4.69, 9.17) is 5.11 Å². The molecule has 0 spiro atoms. The lowest BCUT2D eigenvalue weighted by Crippen LogP contribution is -2.62. The maximum absolute atomic E-state index is 11.8. The molecule has 0 heterocycles. The second-order valence-corrected chi connectivity index (χ2v) is 8.95. The van der Waals surface area contributed by atoms with Gasteiger partial charge in [-0.1, -0.05) is 45.8 Å². The third-order valence-corrected chi connectivity index (χ3v) is 7.26. The summed E-state index contributed by atoms with van der Waals surface area (Å²) < 4.78 is 0. The summed E-state index contributed by atoms with van der Waals surface area (Å²) in [6.07, 6.45) is 9.69. The summed E-state index contributed by atoms with van der Waals surface area (Å²) in [6, 6.07) is 0. The second kappa shape index (κ2) is 6.28. The minimum atomic E-state index is -0.571. The molecule has 0 bridgehead atoms. The van der Waals surface area contributed by atoms with Gasteiger partial charge in [0.15, 0.2) is 0 Å². The van der Waals surface area contributed by atoms with Gasteiger partial charge < -0.3 is 10.2 Å². The molecule has 2 N–H and O–H groups in total. The summed E-state index contributed by atoms with van der Waals surface area (Å²) in [6.45, 7) is 11.6. The number of hydrogen-bond donors (Lipinski definition) is 2. The maximum Gasteiger partial charge on any atom is 0.0732 e. The highest BCUT2D eigenvalue weighted by Gasteiger charge is 2.60. The fourth-order valence-corrected chi connectivity index (χ4v) is 5.75. The smallest absolute Gasteiger partial charge is 0.0732 e. The fourth-order valence-electron chi connectivity index (χ4n) is 5.75. The van der Waals surface area contributed by atoms with E-state index >= 15 is 0 Å². The van der Waals surface area contributed by atoms with Gasteiger partial charge in [0, 0.05) is 0 Å². The number of allylic oxidation sites excluding steroid dienone is 1. The Kier molecular flexibility index (Phi) is 5.14. The molecule has 0 amide bonds. The first-order chi connectivity index (χ1) is 10.2. The minimum absolute atomic E-state index is 0.0336. The molecule has 128 valence electrons. The molecule has 2 heteroatoms. The van der Waals surface area contributed by atoms with Crippen LogP contribution in [0.2, 0.25) is 0 Å². The first-order valence-electron chi connectivity index (χ1n) is 9.16. The van der Waals surface area contributed by atoms with Crippen LogP contribution in [0.25, 0.3) is 0 Å². The SMILES string of the molecule is C/C(=C\CO)CC[C@]1(O)[C@@H](C)CC[C@@H]2C(C)(C)CCC[C@]21C. The van der Waals surface area contributed by atoms with Crippen molar-refractivity contribution < 1.29 is 10.2 Å². The monoisotopic (exact) mass is 308 g/mol. The predicted molar refractivity (Wildman–Crippen MR) is 92.7 cm³/mol. The zero-order valence-corrected chi connectivity index (χ0v) is 15.3. The Bertz CT molecular complexity index is 425. The van der Waals surface area contributed by atoms with Crippen molar-refractivity contribution in [1.82, 2.24) is 0 Å². The Morgan fingerprint density at radius 1 is 1.18 bits per heavy atom. The van der Waals surface area contributed by atoms with E-state index < -0.39 is 5.60 Å². The molecular formula is C20H36O2. The van der Waals surface area contributed by atoms with Crippen molar-refractivity contribution in [2.24, 2.45) is 22.7 Å². The Morgan fingerprint density at radius 2 is 1.86 bits per heavy atom.